The number of fused-ring (bicyclic) bond motifs is 3. The molecule has 2 heterocycles. The van der Waals surface area contributed by atoms with Crippen LogP contribution in [0.25, 0.3) is 10.9 Å². The van der Waals surface area contributed by atoms with Crippen LogP contribution in [0.2, 0.25) is 0 Å². The first-order chi connectivity index (χ1) is 13.6. The molecule has 0 spiro atoms. The van der Waals surface area contributed by atoms with Crippen LogP contribution in [0.15, 0.2) is 0 Å². The van der Waals surface area contributed by atoms with E-state index in [0.717, 1.165) is 49.9 Å². The number of rotatable bonds is 5. The molecule has 3 nitrogen and oxygen atoms in total. The molecule has 0 saturated carbocycles. The van der Waals surface area contributed by atoms with Crippen molar-refractivity contribution in [1.29, 1.82) is 0 Å². The molecule has 0 bridgehead atoms. The maximum atomic E-state index is 5.55. The van der Waals surface area contributed by atoms with E-state index in [0.29, 0.717) is 5.92 Å². The fourth-order valence-electron chi connectivity index (χ4n) is 4.88. The second kappa shape index (κ2) is 8.13. The van der Waals surface area contributed by atoms with Gasteiger partial charge >= 0.3 is 0 Å². The highest BCUT2D eigenvalue weighted by molar-refractivity contribution is 5.88. The lowest BCUT2D eigenvalue weighted by molar-refractivity contribution is 0.283. The molecule has 0 N–H and O–H groups in total. The molecule has 0 aliphatic heterocycles. The van der Waals surface area contributed by atoms with Gasteiger partial charge in [-0.15, -0.1) is 12.3 Å². The highest BCUT2D eigenvalue weighted by Gasteiger charge is 2.36. The number of hydrogen-bond acceptors (Lipinski definition) is 2. The molecule has 29 heavy (non-hydrogen) atoms. The van der Waals surface area contributed by atoms with Crippen molar-refractivity contribution in [2.75, 3.05) is 0 Å². The molecule has 1 unspecified atom stereocenters. The summed E-state index contributed by atoms with van der Waals surface area (Å²) in [7, 11) is 0. The van der Waals surface area contributed by atoms with E-state index in [2.05, 4.69) is 59.1 Å². The summed E-state index contributed by atoms with van der Waals surface area (Å²) in [5, 5.41) is 6.55. The smallest absolute Gasteiger partial charge is 0.115 e. The number of hydrogen-bond donors (Lipinski definition) is 0. The maximum Gasteiger partial charge on any atom is 0.115 e. The zero-order valence-electron chi connectivity index (χ0n) is 19.7. The van der Waals surface area contributed by atoms with Gasteiger partial charge in [0.25, 0.3) is 0 Å². The topological polar surface area (TPSA) is 30.7 Å². The molecule has 0 aromatic carbocycles. The number of nitrogens with zero attached hydrogens (tertiary/aromatic N) is 3. The molecule has 1 aliphatic rings. The van der Waals surface area contributed by atoms with Gasteiger partial charge in [0.05, 0.1) is 5.69 Å². The van der Waals surface area contributed by atoms with Crippen LogP contribution in [-0.2, 0) is 24.8 Å². The van der Waals surface area contributed by atoms with E-state index in [4.69, 9.17) is 16.5 Å². The number of unbranched alkanes of at least 4 members (excludes halogenated alkanes) is 1. The van der Waals surface area contributed by atoms with Crippen LogP contribution in [0, 0.1) is 17.8 Å². The minimum atomic E-state index is -0.0331. The molecule has 2 aromatic rings. The molecule has 1 aliphatic carbocycles. The summed E-state index contributed by atoms with van der Waals surface area (Å²) in [6.45, 7) is 17.1. The Kier molecular flexibility index (Phi) is 6.13. The summed E-state index contributed by atoms with van der Waals surface area (Å²) in [4.78, 5) is 5.36. The highest BCUT2D eigenvalue weighted by Crippen LogP contribution is 2.46. The lowest BCUT2D eigenvalue weighted by Gasteiger charge is -2.36. The van der Waals surface area contributed by atoms with Crippen LogP contribution in [0.1, 0.15) is 109 Å². The van der Waals surface area contributed by atoms with Crippen molar-refractivity contribution >= 4 is 10.9 Å². The Bertz CT molecular complexity index is 913. The Balaban J connectivity index is 2.34. The fraction of sp³-hybridized carbons (Fsp3) is 0.692. The standard InChI is InChI=1S/C26H39N3/c1-9-11-12-16-20-21-18-14-13-15-19(25(3,4)5)22(18)27-24(26(6,7)8)23(21)28-29(20)17-10-2/h1,19H,10-17H2,2-8H3. The lowest BCUT2D eigenvalue weighted by atomic mass is 9.70. The third-order valence-electron chi connectivity index (χ3n) is 6.30. The SMILES string of the molecule is C#CCCCc1c2c3c(nc(C(C)(C)C)c2nn1CCC)C(C(C)(C)C)CCC3. The second-order valence-electron chi connectivity index (χ2n) is 10.8. The summed E-state index contributed by atoms with van der Waals surface area (Å²) in [5.74, 6) is 3.32. The van der Waals surface area contributed by atoms with E-state index in [1.165, 1.54) is 35.2 Å². The molecule has 1 atom stereocenters. The van der Waals surface area contributed by atoms with E-state index in [1.807, 2.05) is 0 Å². The Morgan fingerprint density at radius 3 is 2.48 bits per heavy atom. The van der Waals surface area contributed by atoms with E-state index in [-0.39, 0.29) is 10.8 Å². The molecule has 0 amide bonds. The van der Waals surface area contributed by atoms with Crippen LogP contribution < -0.4 is 0 Å². The number of aromatic nitrogens is 3. The molecule has 0 saturated heterocycles. The van der Waals surface area contributed by atoms with Gasteiger partial charge in [-0.2, -0.15) is 5.10 Å². The van der Waals surface area contributed by atoms with Gasteiger partial charge in [0.2, 0.25) is 0 Å². The first kappa shape index (κ1) is 21.9. The maximum absolute atomic E-state index is 5.55. The second-order valence-corrected chi connectivity index (χ2v) is 10.8. The lowest BCUT2D eigenvalue weighted by Crippen LogP contribution is -2.27. The molecule has 2 aromatic heterocycles. The van der Waals surface area contributed by atoms with Crippen LogP contribution in [0.4, 0.5) is 0 Å². The minimum Gasteiger partial charge on any atom is -0.268 e. The Morgan fingerprint density at radius 1 is 1.17 bits per heavy atom. The highest BCUT2D eigenvalue weighted by atomic mass is 15.3. The molecule has 3 rings (SSSR count). The van der Waals surface area contributed by atoms with E-state index in [9.17, 15) is 0 Å². The predicted octanol–water partition coefficient (Wildman–Crippen LogP) is 6.56. The van der Waals surface area contributed by atoms with E-state index in [1.54, 1.807) is 0 Å². The van der Waals surface area contributed by atoms with Gasteiger partial charge in [-0.25, -0.2) is 0 Å². The summed E-state index contributed by atoms with van der Waals surface area (Å²) >= 11 is 0. The first-order valence-corrected chi connectivity index (χ1v) is 11.5. The quantitative estimate of drug-likeness (QED) is 0.425. The van der Waals surface area contributed by atoms with Gasteiger partial charge < -0.3 is 0 Å². The largest absolute Gasteiger partial charge is 0.268 e. The van der Waals surface area contributed by atoms with Crippen molar-refractivity contribution in [3.05, 3.63) is 22.6 Å². The number of aryl methyl sites for hydroxylation is 3. The van der Waals surface area contributed by atoms with Crippen LogP contribution in [0.5, 0.6) is 0 Å². The molecular formula is C26H39N3. The van der Waals surface area contributed by atoms with Crippen molar-refractivity contribution in [3.63, 3.8) is 0 Å². The third kappa shape index (κ3) is 4.23. The number of pyridine rings is 1. The molecular weight excluding hydrogens is 354 g/mol. The van der Waals surface area contributed by atoms with E-state index < -0.39 is 0 Å². The van der Waals surface area contributed by atoms with Crippen LogP contribution in [-0.4, -0.2) is 14.8 Å². The van der Waals surface area contributed by atoms with Gasteiger partial charge in [-0.05, 0) is 49.5 Å². The summed E-state index contributed by atoms with van der Waals surface area (Å²) in [6, 6.07) is 0. The molecule has 158 valence electrons. The van der Waals surface area contributed by atoms with Gasteiger partial charge in [0.15, 0.2) is 0 Å². The van der Waals surface area contributed by atoms with Gasteiger partial charge in [-0.1, -0.05) is 48.5 Å². The zero-order valence-corrected chi connectivity index (χ0v) is 19.7. The minimum absolute atomic E-state index is 0.0331. The molecule has 3 heteroatoms. The predicted molar refractivity (Wildman–Crippen MR) is 123 cm³/mol. The van der Waals surface area contributed by atoms with Crippen molar-refractivity contribution in [1.82, 2.24) is 14.8 Å². The van der Waals surface area contributed by atoms with Gasteiger partial charge in [0, 0.05) is 41.1 Å². The number of terminal acetylenes is 1. The van der Waals surface area contributed by atoms with Crippen molar-refractivity contribution in [2.45, 2.75) is 111 Å². The Morgan fingerprint density at radius 2 is 1.90 bits per heavy atom. The molecule has 0 fully saturated rings. The average Bonchev–Trinajstić information content (AvgIpc) is 2.98. The monoisotopic (exact) mass is 393 g/mol. The van der Waals surface area contributed by atoms with Gasteiger partial charge in [0.1, 0.15) is 5.52 Å². The van der Waals surface area contributed by atoms with Gasteiger partial charge in [-0.3, -0.25) is 9.67 Å². The third-order valence-corrected chi connectivity index (χ3v) is 6.30. The average molecular weight is 394 g/mol. The Labute approximate surface area is 177 Å². The zero-order chi connectivity index (χ0) is 21.4. The van der Waals surface area contributed by atoms with Crippen molar-refractivity contribution < 1.29 is 0 Å². The summed E-state index contributed by atoms with van der Waals surface area (Å²) < 4.78 is 2.26. The fourth-order valence-corrected chi connectivity index (χ4v) is 4.88. The van der Waals surface area contributed by atoms with Crippen LogP contribution in [0.3, 0.4) is 0 Å². The van der Waals surface area contributed by atoms with Crippen LogP contribution >= 0.6 is 0 Å². The van der Waals surface area contributed by atoms with Crippen molar-refractivity contribution in [2.24, 2.45) is 5.41 Å². The summed E-state index contributed by atoms with van der Waals surface area (Å²) in [6.07, 6.45) is 13.1. The first-order valence-electron chi connectivity index (χ1n) is 11.5. The molecule has 0 radical (unpaired) electrons. The van der Waals surface area contributed by atoms with Crippen molar-refractivity contribution in [3.8, 4) is 12.3 Å². The normalized spacial score (nSPS) is 17.4. The Hall–Kier alpha value is -1.82. The summed E-state index contributed by atoms with van der Waals surface area (Å²) in [5.41, 5.74) is 6.68. The van der Waals surface area contributed by atoms with E-state index >= 15 is 0 Å².